The maximum absolute atomic E-state index is 14.0. The number of likely N-dealkylation sites (N-methyl/N-ethyl adjacent to an activating group) is 1. The molecule has 2 N–H and O–H groups in total. The van der Waals surface area contributed by atoms with Crippen LogP contribution in [-0.4, -0.2) is 81.2 Å². The molecule has 37 heavy (non-hydrogen) atoms. The highest BCUT2D eigenvalue weighted by molar-refractivity contribution is 6.04. The molecule has 2 aliphatic rings. The molecule has 200 valence electrons. The van der Waals surface area contributed by atoms with Crippen LogP contribution in [0.25, 0.3) is 21.8 Å². The Kier molecular flexibility index (Phi) is 7.42. The van der Waals surface area contributed by atoms with Gasteiger partial charge in [-0.2, -0.15) is 4.98 Å². The number of hydrogen-bond donors (Lipinski definition) is 2. The molecule has 2 aromatic heterocycles. The standard InChI is InChI=1S/C27H36F2N6O2/c1-3-27(28,29)17-31-26-30-15-23-21-9-4-18(16-34-12-10-33(2)11-13-34)14-22(21)25(37)35(24(23)32-26)19-5-7-20(36)8-6-19/h4,9,14-15,19-20,36H,3,5-8,10-13,16-17H2,1-2H3,(H,30,31,32). The van der Waals surface area contributed by atoms with Crippen molar-refractivity contribution >= 4 is 27.8 Å². The molecule has 1 aromatic carbocycles. The third-order valence-electron chi connectivity index (χ3n) is 7.88. The molecule has 0 bridgehead atoms. The number of pyridine rings is 1. The Bertz CT molecular complexity index is 1310. The van der Waals surface area contributed by atoms with Crippen LogP contribution in [0.15, 0.2) is 29.2 Å². The summed E-state index contributed by atoms with van der Waals surface area (Å²) in [5, 5.41) is 14.8. The number of halogens is 2. The van der Waals surface area contributed by atoms with Crippen LogP contribution in [0.1, 0.15) is 50.6 Å². The lowest BCUT2D eigenvalue weighted by atomic mass is 9.92. The summed E-state index contributed by atoms with van der Waals surface area (Å²) in [5.74, 6) is -2.79. The monoisotopic (exact) mass is 514 g/mol. The first-order valence-corrected chi connectivity index (χ1v) is 13.3. The van der Waals surface area contributed by atoms with Crippen molar-refractivity contribution in [2.45, 2.75) is 63.6 Å². The smallest absolute Gasteiger partial charge is 0.264 e. The van der Waals surface area contributed by atoms with E-state index < -0.39 is 12.5 Å². The van der Waals surface area contributed by atoms with E-state index in [9.17, 15) is 18.7 Å². The number of alkyl halides is 2. The minimum atomic E-state index is -2.87. The van der Waals surface area contributed by atoms with Gasteiger partial charge in [0, 0.05) is 62.2 Å². The van der Waals surface area contributed by atoms with Crippen LogP contribution in [0.3, 0.4) is 0 Å². The van der Waals surface area contributed by atoms with Crippen LogP contribution in [0.4, 0.5) is 14.7 Å². The van der Waals surface area contributed by atoms with Gasteiger partial charge >= 0.3 is 0 Å². The zero-order chi connectivity index (χ0) is 26.2. The molecule has 0 atom stereocenters. The van der Waals surface area contributed by atoms with Crippen LogP contribution in [0, 0.1) is 0 Å². The second kappa shape index (κ2) is 10.6. The average Bonchev–Trinajstić information content (AvgIpc) is 2.90. The molecule has 3 aromatic rings. The largest absolute Gasteiger partial charge is 0.393 e. The predicted molar refractivity (Wildman–Crippen MR) is 141 cm³/mol. The zero-order valence-corrected chi connectivity index (χ0v) is 21.6. The molecule has 5 rings (SSSR count). The molecule has 0 unspecified atom stereocenters. The Balaban J connectivity index is 1.57. The molecular formula is C27H36F2N6O2. The third kappa shape index (κ3) is 5.61. The van der Waals surface area contributed by atoms with E-state index in [4.69, 9.17) is 0 Å². The van der Waals surface area contributed by atoms with E-state index in [-0.39, 0.29) is 30.1 Å². The van der Waals surface area contributed by atoms with Crippen molar-refractivity contribution in [1.29, 1.82) is 0 Å². The van der Waals surface area contributed by atoms with Crippen molar-refractivity contribution in [3.8, 4) is 0 Å². The molecule has 1 saturated heterocycles. The minimum absolute atomic E-state index is 0.0793. The first kappa shape index (κ1) is 25.9. The summed E-state index contributed by atoms with van der Waals surface area (Å²) in [4.78, 5) is 27.6. The summed E-state index contributed by atoms with van der Waals surface area (Å²) in [6.45, 7) is 5.66. The van der Waals surface area contributed by atoms with Crippen LogP contribution in [-0.2, 0) is 6.54 Å². The van der Waals surface area contributed by atoms with Crippen molar-refractivity contribution < 1.29 is 13.9 Å². The topological polar surface area (TPSA) is 86.5 Å². The molecule has 1 saturated carbocycles. The molecule has 3 heterocycles. The highest BCUT2D eigenvalue weighted by atomic mass is 19.3. The lowest BCUT2D eigenvalue weighted by Crippen LogP contribution is -2.43. The van der Waals surface area contributed by atoms with Crippen molar-refractivity contribution in [3.63, 3.8) is 0 Å². The summed E-state index contributed by atoms with van der Waals surface area (Å²) in [7, 11) is 2.13. The van der Waals surface area contributed by atoms with Gasteiger partial charge in [0.05, 0.1) is 12.6 Å². The molecule has 1 aliphatic heterocycles. The Hall–Kier alpha value is -2.69. The van der Waals surface area contributed by atoms with Gasteiger partial charge in [0.1, 0.15) is 5.65 Å². The molecule has 0 amide bonds. The summed E-state index contributed by atoms with van der Waals surface area (Å²) >= 11 is 0. The first-order valence-electron chi connectivity index (χ1n) is 13.3. The lowest BCUT2D eigenvalue weighted by molar-refractivity contribution is 0.0114. The number of nitrogens with zero attached hydrogens (tertiary/aromatic N) is 5. The van der Waals surface area contributed by atoms with Gasteiger partial charge in [-0.1, -0.05) is 19.1 Å². The highest BCUT2D eigenvalue weighted by Gasteiger charge is 2.28. The quantitative estimate of drug-likeness (QED) is 0.466. The number of anilines is 1. The fraction of sp³-hybridized carbons (Fsp3) is 0.593. The van der Waals surface area contributed by atoms with E-state index in [1.165, 1.54) is 6.92 Å². The van der Waals surface area contributed by atoms with E-state index >= 15 is 0 Å². The van der Waals surface area contributed by atoms with Gasteiger partial charge in [-0.3, -0.25) is 14.3 Å². The fourth-order valence-corrected chi connectivity index (χ4v) is 5.41. The minimum Gasteiger partial charge on any atom is -0.393 e. The van der Waals surface area contributed by atoms with Gasteiger partial charge < -0.3 is 15.3 Å². The maximum atomic E-state index is 14.0. The van der Waals surface area contributed by atoms with Crippen LogP contribution < -0.4 is 10.9 Å². The second-order valence-electron chi connectivity index (χ2n) is 10.6. The number of nitrogens with one attached hydrogen (secondary N) is 1. The third-order valence-corrected chi connectivity index (χ3v) is 7.88. The van der Waals surface area contributed by atoms with Gasteiger partial charge in [-0.15, -0.1) is 0 Å². The Morgan fingerprint density at radius 1 is 1.08 bits per heavy atom. The van der Waals surface area contributed by atoms with Gasteiger partial charge in [0.15, 0.2) is 0 Å². The predicted octanol–water partition coefficient (Wildman–Crippen LogP) is 3.63. The van der Waals surface area contributed by atoms with Gasteiger partial charge in [-0.05, 0) is 49.7 Å². The number of fused-ring (bicyclic) bond motifs is 3. The highest BCUT2D eigenvalue weighted by Crippen LogP contribution is 2.32. The van der Waals surface area contributed by atoms with Crippen LogP contribution in [0.5, 0.6) is 0 Å². The Labute approximate surface area is 215 Å². The van der Waals surface area contributed by atoms with Gasteiger partial charge in [0.2, 0.25) is 5.95 Å². The summed E-state index contributed by atoms with van der Waals surface area (Å²) in [6.07, 6.45) is 3.51. The molecule has 0 radical (unpaired) electrons. The summed E-state index contributed by atoms with van der Waals surface area (Å²) in [6, 6.07) is 5.87. The zero-order valence-electron chi connectivity index (χ0n) is 21.6. The molecular weight excluding hydrogens is 478 g/mol. The van der Waals surface area contributed by atoms with Gasteiger partial charge in [0.25, 0.3) is 11.5 Å². The van der Waals surface area contributed by atoms with E-state index in [0.717, 1.165) is 49.1 Å². The van der Waals surface area contributed by atoms with E-state index in [2.05, 4.69) is 38.2 Å². The number of rotatable bonds is 7. The number of aromatic nitrogens is 3. The van der Waals surface area contributed by atoms with Crippen LogP contribution in [0.2, 0.25) is 0 Å². The molecule has 0 spiro atoms. The van der Waals surface area contributed by atoms with E-state index in [0.29, 0.717) is 36.7 Å². The van der Waals surface area contributed by atoms with E-state index in [1.807, 2.05) is 12.1 Å². The van der Waals surface area contributed by atoms with Crippen molar-refractivity contribution in [2.24, 2.45) is 0 Å². The number of hydrogen-bond acceptors (Lipinski definition) is 7. The molecule has 8 nitrogen and oxygen atoms in total. The summed E-state index contributed by atoms with van der Waals surface area (Å²) < 4.78 is 29.4. The summed E-state index contributed by atoms with van der Waals surface area (Å²) in [5.41, 5.74) is 1.40. The molecule has 1 aliphatic carbocycles. The average molecular weight is 515 g/mol. The molecule has 10 heteroatoms. The van der Waals surface area contributed by atoms with Crippen LogP contribution >= 0.6 is 0 Å². The normalized spacial score (nSPS) is 22.1. The number of benzene rings is 1. The van der Waals surface area contributed by atoms with Crippen molar-refractivity contribution in [1.82, 2.24) is 24.3 Å². The number of aliphatic hydroxyl groups excluding tert-OH is 1. The fourth-order valence-electron chi connectivity index (χ4n) is 5.41. The Morgan fingerprint density at radius 2 is 1.81 bits per heavy atom. The number of piperazine rings is 1. The van der Waals surface area contributed by atoms with Gasteiger partial charge in [-0.25, -0.2) is 13.8 Å². The maximum Gasteiger partial charge on any atom is 0.264 e. The lowest BCUT2D eigenvalue weighted by Gasteiger charge is -2.32. The Morgan fingerprint density at radius 3 is 2.51 bits per heavy atom. The SMILES string of the molecule is CCC(F)(F)CNc1ncc2c3ccc(CN4CCN(C)CC4)cc3c(=O)n(C3CCC(O)CC3)c2n1. The van der Waals surface area contributed by atoms with Crippen molar-refractivity contribution in [2.75, 3.05) is 45.1 Å². The van der Waals surface area contributed by atoms with E-state index in [1.54, 1.807) is 10.8 Å². The molecule has 2 fully saturated rings. The van der Waals surface area contributed by atoms with Crippen molar-refractivity contribution in [3.05, 3.63) is 40.3 Å². The number of aliphatic hydroxyl groups is 1. The first-order chi connectivity index (χ1) is 17.7. The second-order valence-corrected chi connectivity index (χ2v) is 10.6.